The van der Waals surface area contributed by atoms with Crippen LogP contribution < -0.4 is 15.4 Å². The van der Waals surface area contributed by atoms with Crippen LogP contribution in [0.4, 0.5) is 0 Å². The van der Waals surface area contributed by atoms with E-state index in [0.29, 0.717) is 24.2 Å². The van der Waals surface area contributed by atoms with Crippen molar-refractivity contribution in [2.45, 2.75) is 49.4 Å². The predicted octanol–water partition coefficient (Wildman–Crippen LogP) is 3.34. The van der Waals surface area contributed by atoms with E-state index < -0.39 is 22.1 Å². The summed E-state index contributed by atoms with van der Waals surface area (Å²) in [7, 11) is -3.92. The van der Waals surface area contributed by atoms with Crippen molar-refractivity contribution in [1.82, 2.24) is 19.9 Å². The highest BCUT2D eigenvalue weighted by Gasteiger charge is 2.43. The van der Waals surface area contributed by atoms with Crippen LogP contribution in [0.3, 0.4) is 0 Å². The monoisotopic (exact) mass is 560 g/mol. The van der Waals surface area contributed by atoms with Crippen LogP contribution in [0.2, 0.25) is 0 Å². The number of nitrogens with zero attached hydrogens (tertiary/aromatic N) is 2. The number of hydrogen-bond acceptors (Lipinski definition) is 8. The largest absolute Gasteiger partial charge is 0.491 e. The Morgan fingerprint density at radius 3 is 2.68 bits per heavy atom. The Bertz CT molecular complexity index is 1430. The van der Waals surface area contributed by atoms with Crippen LogP contribution in [0.15, 0.2) is 39.9 Å². The molecule has 4 heterocycles. The maximum atomic E-state index is 13.9. The van der Waals surface area contributed by atoms with E-state index in [-0.39, 0.29) is 42.1 Å². The van der Waals surface area contributed by atoms with E-state index in [9.17, 15) is 18.0 Å². The summed E-state index contributed by atoms with van der Waals surface area (Å²) in [5.74, 6) is 0.0435. The molecule has 12 heteroatoms. The molecule has 9 nitrogen and oxygen atoms in total. The van der Waals surface area contributed by atoms with Crippen molar-refractivity contribution >= 4 is 44.5 Å². The van der Waals surface area contributed by atoms with Crippen molar-refractivity contribution in [3.05, 3.63) is 51.8 Å². The molecule has 0 saturated carbocycles. The second kappa shape index (κ2) is 10.5. The molecule has 0 aliphatic carbocycles. The predicted molar refractivity (Wildman–Crippen MR) is 143 cm³/mol. The minimum Gasteiger partial charge on any atom is -0.491 e. The molecule has 1 fully saturated rings. The van der Waals surface area contributed by atoms with Crippen LogP contribution in [0.25, 0.3) is 10.6 Å². The molecular weight excluding hydrogens is 532 g/mol. The molecule has 2 amide bonds. The number of aromatic nitrogens is 1. The summed E-state index contributed by atoms with van der Waals surface area (Å²) in [6.45, 7) is 4.45. The van der Waals surface area contributed by atoms with Crippen molar-refractivity contribution in [2.75, 3.05) is 19.7 Å². The number of hydrogen-bond donors (Lipinski definition) is 2. The third-order valence-electron chi connectivity index (χ3n) is 6.59. The number of benzene rings is 1. The number of amides is 2. The van der Waals surface area contributed by atoms with Gasteiger partial charge in [0.2, 0.25) is 5.91 Å². The third-order valence-corrected chi connectivity index (χ3v) is 10.9. The van der Waals surface area contributed by atoms with E-state index in [1.54, 1.807) is 24.3 Å². The van der Waals surface area contributed by atoms with Crippen molar-refractivity contribution in [1.29, 1.82) is 0 Å². The molecule has 3 aromatic rings. The Morgan fingerprint density at radius 1 is 1.08 bits per heavy atom. The first kappa shape index (κ1) is 25.8. The zero-order valence-corrected chi connectivity index (χ0v) is 23.0. The zero-order valence-electron chi connectivity index (χ0n) is 20.5. The number of aryl methyl sites for hydroxylation is 2. The van der Waals surface area contributed by atoms with Gasteiger partial charge in [0.15, 0.2) is 0 Å². The fourth-order valence-electron chi connectivity index (χ4n) is 4.74. The second-order valence-electron chi connectivity index (χ2n) is 9.18. The molecule has 1 aromatic carbocycles. The van der Waals surface area contributed by atoms with Gasteiger partial charge in [-0.1, -0.05) is 6.07 Å². The maximum Gasteiger partial charge on any atom is 0.253 e. The van der Waals surface area contributed by atoms with Gasteiger partial charge in [0.25, 0.3) is 15.9 Å². The van der Waals surface area contributed by atoms with Crippen molar-refractivity contribution in [2.24, 2.45) is 0 Å². The number of carbonyl (C=O) groups excluding carboxylic acids is 2. The zero-order chi connectivity index (χ0) is 26.2. The molecule has 2 aliphatic rings. The molecule has 4 bridgehead atoms. The normalized spacial score (nSPS) is 21.5. The van der Waals surface area contributed by atoms with Crippen molar-refractivity contribution in [3.8, 4) is 16.3 Å². The highest BCUT2D eigenvalue weighted by atomic mass is 32.2. The van der Waals surface area contributed by atoms with Gasteiger partial charge < -0.3 is 15.4 Å². The smallest absolute Gasteiger partial charge is 0.253 e. The van der Waals surface area contributed by atoms with Crippen LogP contribution in [-0.4, -0.2) is 61.3 Å². The Labute approximate surface area is 223 Å². The third kappa shape index (κ3) is 5.42. The lowest BCUT2D eigenvalue weighted by Gasteiger charge is -2.29. The van der Waals surface area contributed by atoms with Gasteiger partial charge >= 0.3 is 0 Å². The Morgan fingerprint density at radius 2 is 1.89 bits per heavy atom. The summed E-state index contributed by atoms with van der Waals surface area (Å²) in [4.78, 5) is 30.9. The lowest BCUT2D eigenvalue weighted by atomic mass is 10.1. The lowest BCUT2D eigenvalue weighted by molar-refractivity contribution is -0.121. The summed E-state index contributed by atoms with van der Waals surface area (Å²) in [6, 6.07) is 7.59. The number of fused-ring (bicyclic) bond motifs is 4. The minimum atomic E-state index is -3.92. The first-order chi connectivity index (χ1) is 17.7. The fraction of sp³-hybridized carbons (Fsp3) is 0.400. The summed E-state index contributed by atoms with van der Waals surface area (Å²) >= 11 is 2.68. The number of thiazole rings is 1. The quantitative estimate of drug-likeness (QED) is 0.508. The van der Waals surface area contributed by atoms with E-state index in [4.69, 9.17) is 4.74 Å². The minimum absolute atomic E-state index is 0.0416. The summed E-state index contributed by atoms with van der Waals surface area (Å²) in [5, 5.41) is 8.55. The Balaban J connectivity index is 1.45. The molecule has 196 valence electrons. The van der Waals surface area contributed by atoms with E-state index in [1.165, 1.54) is 27.0 Å². The van der Waals surface area contributed by atoms with Gasteiger partial charge in [-0.25, -0.2) is 13.4 Å². The molecule has 5 rings (SSSR count). The van der Waals surface area contributed by atoms with Crippen LogP contribution >= 0.6 is 22.7 Å². The number of sulfonamides is 1. The Kier molecular flexibility index (Phi) is 7.35. The van der Waals surface area contributed by atoms with Crippen LogP contribution in [0.5, 0.6) is 5.75 Å². The van der Waals surface area contributed by atoms with Crippen molar-refractivity contribution < 1.29 is 22.7 Å². The van der Waals surface area contributed by atoms with Gasteiger partial charge in [-0.05, 0) is 56.5 Å². The molecule has 2 atom stereocenters. The average molecular weight is 561 g/mol. The van der Waals surface area contributed by atoms with E-state index in [0.717, 1.165) is 21.1 Å². The molecule has 1 saturated heterocycles. The molecule has 0 unspecified atom stereocenters. The van der Waals surface area contributed by atoms with Crippen molar-refractivity contribution in [3.63, 3.8) is 0 Å². The van der Waals surface area contributed by atoms with E-state index >= 15 is 0 Å². The second-order valence-corrected chi connectivity index (χ2v) is 13.4. The molecular formula is C25H28N4O5S3. The molecule has 0 radical (unpaired) electrons. The Hall–Kier alpha value is -2.80. The van der Waals surface area contributed by atoms with Crippen LogP contribution in [0.1, 0.15) is 40.2 Å². The standard InChI is InChI=1S/C25H28N4O5S3/c1-15-3-4-17-11-21(15)34-10-9-26-23(30)12-18-5-6-19(13-27-25(17)31)29(18)37(32,33)24-8-7-22(36-24)20-14-35-16(2)28-20/h3-4,7-8,11,14,18-19H,5-6,9-10,12-13H2,1-2H3,(H,26,30)(H,27,31)/t18-,19+/m0/s1. The van der Waals surface area contributed by atoms with Gasteiger partial charge in [-0.2, -0.15) is 4.31 Å². The van der Waals surface area contributed by atoms with E-state index in [2.05, 4.69) is 15.6 Å². The number of thiophene rings is 1. The lowest BCUT2D eigenvalue weighted by Crippen LogP contribution is -2.47. The van der Waals surface area contributed by atoms with Gasteiger partial charge in [0, 0.05) is 36.0 Å². The van der Waals surface area contributed by atoms with Crippen LogP contribution in [0, 0.1) is 13.8 Å². The fourth-order valence-corrected chi connectivity index (χ4v) is 8.66. The van der Waals surface area contributed by atoms with E-state index in [1.807, 2.05) is 25.3 Å². The highest BCUT2D eigenvalue weighted by Crippen LogP contribution is 2.38. The molecule has 2 aromatic heterocycles. The van der Waals surface area contributed by atoms with Crippen LogP contribution in [-0.2, 0) is 14.8 Å². The molecule has 2 N–H and O–H groups in total. The number of rotatable bonds is 3. The topological polar surface area (TPSA) is 118 Å². The number of nitrogens with one attached hydrogen (secondary N) is 2. The van der Waals surface area contributed by atoms with Gasteiger partial charge in [0.1, 0.15) is 16.6 Å². The average Bonchev–Trinajstić information content (AvgIpc) is 3.61. The summed E-state index contributed by atoms with van der Waals surface area (Å²) < 4.78 is 35.2. The molecule has 2 aliphatic heterocycles. The highest BCUT2D eigenvalue weighted by molar-refractivity contribution is 7.91. The molecule has 37 heavy (non-hydrogen) atoms. The van der Waals surface area contributed by atoms with Gasteiger partial charge in [0.05, 0.1) is 22.1 Å². The molecule has 0 spiro atoms. The first-order valence-electron chi connectivity index (χ1n) is 12.1. The number of ether oxygens (including phenoxy) is 1. The summed E-state index contributed by atoms with van der Waals surface area (Å²) in [6.07, 6.45) is 1.12. The summed E-state index contributed by atoms with van der Waals surface area (Å²) in [5.41, 5.74) is 2.07. The van der Waals surface area contributed by atoms with Gasteiger partial charge in [-0.3, -0.25) is 9.59 Å². The van der Waals surface area contributed by atoms with Gasteiger partial charge in [-0.15, -0.1) is 22.7 Å². The number of carbonyl (C=O) groups is 2. The maximum absolute atomic E-state index is 13.9. The first-order valence-corrected chi connectivity index (χ1v) is 15.2. The SMILES string of the molecule is Cc1nc(-c2ccc(S(=O)(=O)N3[C@@H]4CC[C@H]3CC(=O)NCCOc3cc(ccc3C)C(=O)NC4)s2)cs1.